The van der Waals surface area contributed by atoms with Crippen LogP contribution in [-0.4, -0.2) is 43.3 Å². The first-order chi connectivity index (χ1) is 16.8. The molecule has 0 spiro atoms. The summed E-state index contributed by atoms with van der Waals surface area (Å²) in [7, 11) is 1.93. The molecule has 0 fully saturated rings. The number of nitrogens with one attached hydrogen (secondary N) is 2. The van der Waals surface area contributed by atoms with Gasteiger partial charge in [0.15, 0.2) is 0 Å². The van der Waals surface area contributed by atoms with Crippen molar-refractivity contribution in [2.45, 2.75) is 25.6 Å². The van der Waals surface area contributed by atoms with Crippen LogP contribution in [0, 0.1) is 11.6 Å². The van der Waals surface area contributed by atoms with Crippen molar-refractivity contribution >= 4 is 23.2 Å². The fourth-order valence-corrected chi connectivity index (χ4v) is 4.02. The van der Waals surface area contributed by atoms with E-state index in [1.54, 1.807) is 6.92 Å². The average Bonchev–Trinajstić information content (AvgIpc) is 2.98. The number of amides is 2. The quantitative estimate of drug-likeness (QED) is 0.573. The van der Waals surface area contributed by atoms with Crippen molar-refractivity contribution in [3.05, 3.63) is 101 Å². The van der Waals surface area contributed by atoms with Gasteiger partial charge in [-0.3, -0.25) is 14.6 Å². The first-order valence-corrected chi connectivity index (χ1v) is 11.3. The Morgan fingerprint density at radius 1 is 1.06 bits per heavy atom. The molecule has 3 aromatic rings. The molecule has 0 saturated carbocycles. The van der Waals surface area contributed by atoms with Crippen molar-refractivity contribution in [3.63, 3.8) is 0 Å². The minimum Gasteiger partial charge on any atom is -0.370 e. The Balaban J connectivity index is 1.48. The summed E-state index contributed by atoms with van der Waals surface area (Å²) in [6.45, 7) is 1.98. The number of benzene rings is 3. The second-order valence-corrected chi connectivity index (χ2v) is 8.47. The molecule has 0 unspecified atom stereocenters. The molecular weight excluding hydrogens is 450 g/mol. The largest absolute Gasteiger partial charge is 0.370 e. The van der Waals surface area contributed by atoms with E-state index in [4.69, 9.17) is 4.99 Å². The van der Waals surface area contributed by atoms with Gasteiger partial charge in [0.2, 0.25) is 11.8 Å². The van der Waals surface area contributed by atoms with Crippen molar-refractivity contribution in [2.75, 3.05) is 18.5 Å². The number of rotatable bonds is 6. The minimum atomic E-state index is -0.877. The Labute approximate surface area is 202 Å². The summed E-state index contributed by atoms with van der Waals surface area (Å²) in [6.07, 6.45) is -0.870. The molecule has 2 amide bonds. The molecule has 2 N–H and O–H groups in total. The zero-order valence-corrected chi connectivity index (χ0v) is 19.5. The lowest BCUT2D eigenvalue weighted by atomic mass is 10.0. The normalized spacial score (nSPS) is 15.9. The van der Waals surface area contributed by atoms with Crippen LogP contribution in [0.2, 0.25) is 0 Å². The molecule has 0 aromatic heterocycles. The molecule has 2 atom stereocenters. The highest BCUT2D eigenvalue weighted by Crippen LogP contribution is 2.26. The van der Waals surface area contributed by atoms with Crippen LogP contribution in [0.5, 0.6) is 0 Å². The van der Waals surface area contributed by atoms with Crippen LogP contribution in [0.1, 0.15) is 23.6 Å². The predicted molar refractivity (Wildman–Crippen MR) is 131 cm³/mol. The van der Waals surface area contributed by atoms with Gasteiger partial charge >= 0.3 is 0 Å². The number of halogens is 2. The van der Waals surface area contributed by atoms with Crippen molar-refractivity contribution in [2.24, 2.45) is 4.99 Å². The Morgan fingerprint density at radius 3 is 2.51 bits per heavy atom. The Kier molecular flexibility index (Phi) is 7.19. The zero-order chi connectivity index (χ0) is 24.9. The van der Waals surface area contributed by atoms with Gasteiger partial charge in [-0.25, -0.2) is 8.78 Å². The fourth-order valence-electron chi connectivity index (χ4n) is 4.02. The first-order valence-electron chi connectivity index (χ1n) is 11.3. The first kappa shape index (κ1) is 24.1. The number of para-hydroxylation sites is 1. The molecular formula is C27H26F2N4O2. The third-order valence-corrected chi connectivity index (χ3v) is 5.80. The molecule has 0 saturated heterocycles. The molecule has 6 nitrogen and oxygen atoms in total. The van der Waals surface area contributed by atoms with E-state index in [1.807, 2.05) is 66.5 Å². The lowest BCUT2D eigenvalue weighted by Crippen LogP contribution is -2.50. The van der Waals surface area contributed by atoms with E-state index in [2.05, 4.69) is 10.6 Å². The molecule has 3 aromatic carbocycles. The lowest BCUT2D eigenvalue weighted by molar-refractivity contribution is -0.128. The molecule has 8 heteroatoms. The summed E-state index contributed by atoms with van der Waals surface area (Å²) >= 11 is 0. The smallest absolute Gasteiger partial charge is 0.243 e. The second-order valence-electron chi connectivity index (χ2n) is 8.47. The SMILES string of the molecule is C[C@H](NC(=O)Cc1ccc(F)cc1F)C(=O)N[C@@H]1CN(C)c2ccccc2C(c2ccccc2)=N1. The van der Waals surface area contributed by atoms with Gasteiger partial charge in [0.1, 0.15) is 23.8 Å². The maximum atomic E-state index is 13.9. The maximum Gasteiger partial charge on any atom is 0.243 e. The molecule has 180 valence electrons. The number of carbonyl (C=O) groups excluding carboxylic acids is 2. The van der Waals surface area contributed by atoms with Gasteiger partial charge in [0.25, 0.3) is 0 Å². The van der Waals surface area contributed by atoms with Gasteiger partial charge in [-0.2, -0.15) is 0 Å². The van der Waals surface area contributed by atoms with Crippen LogP contribution in [-0.2, 0) is 16.0 Å². The molecule has 1 aliphatic rings. The molecule has 1 aliphatic heterocycles. The number of aliphatic imine (C=N–C) groups is 1. The van der Waals surface area contributed by atoms with Crippen LogP contribution >= 0.6 is 0 Å². The fraction of sp³-hybridized carbons (Fsp3) is 0.222. The van der Waals surface area contributed by atoms with E-state index in [-0.39, 0.29) is 12.0 Å². The summed E-state index contributed by atoms with van der Waals surface area (Å²) in [4.78, 5) is 32.2. The summed E-state index contributed by atoms with van der Waals surface area (Å²) in [5.41, 5.74) is 3.70. The van der Waals surface area contributed by atoms with Crippen molar-refractivity contribution < 1.29 is 18.4 Å². The number of likely N-dealkylation sites (N-methyl/N-ethyl adjacent to an activating group) is 1. The van der Waals surface area contributed by atoms with Crippen molar-refractivity contribution in [1.82, 2.24) is 10.6 Å². The lowest BCUT2D eigenvalue weighted by Gasteiger charge is -2.24. The van der Waals surface area contributed by atoms with E-state index >= 15 is 0 Å². The summed E-state index contributed by atoms with van der Waals surface area (Å²) in [5.74, 6) is -2.48. The number of fused-ring (bicyclic) bond motifs is 1. The van der Waals surface area contributed by atoms with Gasteiger partial charge in [-0.05, 0) is 24.6 Å². The Hall–Kier alpha value is -4.07. The van der Waals surface area contributed by atoms with E-state index in [9.17, 15) is 18.4 Å². The molecule has 4 rings (SSSR count). The summed E-state index contributed by atoms with van der Waals surface area (Å²) < 4.78 is 27.0. The Morgan fingerprint density at radius 2 is 1.77 bits per heavy atom. The standard InChI is InChI=1S/C27H26F2N4O2/c1-17(30-25(34)14-19-12-13-20(28)15-22(19)29)27(35)32-24-16-33(2)23-11-7-6-10-21(23)26(31-24)18-8-4-3-5-9-18/h3-13,15,17,24H,14,16H2,1-2H3,(H,30,34)(H,32,35)/t17-,24+/m0/s1. The summed E-state index contributed by atoms with van der Waals surface area (Å²) in [6, 6.07) is 19.8. The van der Waals surface area contributed by atoms with Gasteiger partial charge in [-0.1, -0.05) is 54.6 Å². The average molecular weight is 477 g/mol. The van der Waals surface area contributed by atoms with Crippen molar-refractivity contribution in [3.8, 4) is 0 Å². The molecule has 0 bridgehead atoms. The number of benzodiazepines with no additional fused rings is 1. The van der Waals surface area contributed by atoms with E-state index < -0.39 is 35.7 Å². The van der Waals surface area contributed by atoms with Gasteiger partial charge < -0.3 is 15.5 Å². The zero-order valence-electron chi connectivity index (χ0n) is 19.5. The highest BCUT2D eigenvalue weighted by molar-refractivity contribution is 6.16. The molecule has 35 heavy (non-hydrogen) atoms. The number of nitrogens with zero attached hydrogens (tertiary/aromatic N) is 2. The number of carbonyl (C=O) groups is 2. The maximum absolute atomic E-state index is 13.9. The molecule has 0 aliphatic carbocycles. The van der Waals surface area contributed by atoms with E-state index in [0.29, 0.717) is 6.54 Å². The summed E-state index contributed by atoms with van der Waals surface area (Å²) in [5, 5.41) is 5.48. The highest BCUT2D eigenvalue weighted by Gasteiger charge is 2.25. The molecule has 0 radical (unpaired) electrons. The minimum absolute atomic E-state index is 0.0526. The van der Waals surface area contributed by atoms with Crippen LogP contribution < -0.4 is 15.5 Å². The molecule has 1 heterocycles. The van der Waals surface area contributed by atoms with E-state index in [1.165, 1.54) is 6.07 Å². The van der Waals surface area contributed by atoms with Crippen LogP contribution in [0.3, 0.4) is 0 Å². The number of anilines is 1. The third-order valence-electron chi connectivity index (χ3n) is 5.80. The monoisotopic (exact) mass is 476 g/mol. The number of hydrogen-bond acceptors (Lipinski definition) is 4. The van der Waals surface area contributed by atoms with Crippen molar-refractivity contribution in [1.29, 1.82) is 0 Å². The van der Waals surface area contributed by atoms with Gasteiger partial charge in [-0.15, -0.1) is 0 Å². The third kappa shape index (κ3) is 5.71. The second kappa shape index (κ2) is 10.5. The topological polar surface area (TPSA) is 73.8 Å². The van der Waals surface area contributed by atoms with Gasteiger partial charge in [0.05, 0.1) is 18.7 Å². The van der Waals surface area contributed by atoms with E-state index in [0.717, 1.165) is 34.7 Å². The van der Waals surface area contributed by atoms with Crippen LogP contribution in [0.25, 0.3) is 0 Å². The van der Waals surface area contributed by atoms with Gasteiger partial charge in [0, 0.05) is 29.9 Å². The highest BCUT2D eigenvalue weighted by atomic mass is 19.1. The number of hydrogen-bond donors (Lipinski definition) is 2. The van der Waals surface area contributed by atoms with Crippen LogP contribution in [0.4, 0.5) is 14.5 Å². The predicted octanol–water partition coefficient (Wildman–Crippen LogP) is 3.44. The van der Waals surface area contributed by atoms with Crippen LogP contribution in [0.15, 0.2) is 77.8 Å². The Bertz CT molecular complexity index is 1260.